The lowest BCUT2D eigenvalue weighted by atomic mass is 9.97. The molecule has 6 heteroatoms. The molecule has 0 spiro atoms. The number of cyclic esters (lactones) is 1. The van der Waals surface area contributed by atoms with Gasteiger partial charge in [0.2, 0.25) is 0 Å². The van der Waals surface area contributed by atoms with Crippen molar-refractivity contribution in [3.8, 4) is 22.5 Å². The highest BCUT2D eigenvalue weighted by molar-refractivity contribution is 6.06. The fourth-order valence-electron chi connectivity index (χ4n) is 3.38. The monoisotopic (exact) mass is 342 g/mol. The molecular weight excluding hydrogens is 328 g/mol. The lowest BCUT2D eigenvalue weighted by Gasteiger charge is -2.15. The molecule has 0 fully saturated rings. The zero-order valence-corrected chi connectivity index (χ0v) is 13.8. The van der Waals surface area contributed by atoms with Crippen LogP contribution in [-0.2, 0) is 11.3 Å². The van der Waals surface area contributed by atoms with E-state index in [1.807, 2.05) is 48.5 Å². The lowest BCUT2D eigenvalue weighted by molar-refractivity contribution is 0.0412. The first-order valence-electron chi connectivity index (χ1n) is 8.36. The lowest BCUT2D eigenvalue weighted by Crippen LogP contribution is -2.23. The number of rotatable bonds is 2. The van der Waals surface area contributed by atoms with E-state index >= 15 is 0 Å². The molecule has 0 unspecified atom stereocenters. The van der Waals surface area contributed by atoms with Crippen LogP contribution in [-0.4, -0.2) is 32.3 Å². The number of fused-ring (bicyclic) bond motifs is 2. The van der Waals surface area contributed by atoms with Gasteiger partial charge in [0.05, 0.1) is 17.8 Å². The molecule has 4 aromatic rings. The standard InChI is InChI=1S/C20H14N4O2/c25-20-19-17(14-8-10-22-15-6-2-1-5-13(14)15)18(16-7-3-4-9-21-16)23-24(19)11-12-26-20/h1-10H,11-12H2. The Balaban J connectivity index is 1.88. The maximum Gasteiger partial charge on any atom is 0.357 e. The van der Waals surface area contributed by atoms with Crippen LogP contribution in [0.2, 0.25) is 0 Å². The summed E-state index contributed by atoms with van der Waals surface area (Å²) in [5.41, 5.74) is 4.37. The maximum absolute atomic E-state index is 12.5. The summed E-state index contributed by atoms with van der Waals surface area (Å²) in [7, 11) is 0. The van der Waals surface area contributed by atoms with Gasteiger partial charge < -0.3 is 4.74 Å². The van der Waals surface area contributed by atoms with Crippen LogP contribution in [0.5, 0.6) is 0 Å². The van der Waals surface area contributed by atoms with E-state index in [0.717, 1.165) is 27.7 Å². The quantitative estimate of drug-likeness (QED) is 0.523. The number of para-hydroxylation sites is 1. The molecule has 0 aliphatic carbocycles. The topological polar surface area (TPSA) is 69.9 Å². The van der Waals surface area contributed by atoms with Crippen molar-refractivity contribution >= 4 is 16.9 Å². The third-order valence-electron chi connectivity index (χ3n) is 4.51. The second-order valence-electron chi connectivity index (χ2n) is 6.02. The minimum atomic E-state index is -0.359. The Morgan fingerprint density at radius 3 is 2.73 bits per heavy atom. The van der Waals surface area contributed by atoms with Gasteiger partial charge in [0.1, 0.15) is 12.3 Å². The van der Waals surface area contributed by atoms with Crippen LogP contribution in [0.1, 0.15) is 10.5 Å². The third-order valence-corrected chi connectivity index (χ3v) is 4.51. The number of pyridine rings is 2. The second kappa shape index (κ2) is 5.77. The van der Waals surface area contributed by atoms with Gasteiger partial charge in [-0.2, -0.15) is 5.10 Å². The highest BCUT2D eigenvalue weighted by Gasteiger charge is 2.30. The van der Waals surface area contributed by atoms with Crippen molar-refractivity contribution in [3.63, 3.8) is 0 Å². The summed E-state index contributed by atoms with van der Waals surface area (Å²) in [5, 5.41) is 5.65. The van der Waals surface area contributed by atoms with Crippen LogP contribution < -0.4 is 0 Å². The highest BCUT2D eigenvalue weighted by Crippen LogP contribution is 2.38. The van der Waals surface area contributed by atoms with Gasteiger partial charge in [0.15, 0.2) is 5.69 Å². The van der Waals surface area contributed by atoms with Crippen LogP contribution in [0.25, 0.3) is 33.4 Å². The first kappa shape index (κ1) is 14.8. The Morgan fingerprint density at radius 1 is 0.962 bits per heavy atom. The minimum Gasteiger partial charge on any atom is -0.459 e. The number of aromatic nitrogens is 4. The van der Waals surface area contributed by atoms with Crippen LogP contribution in [0.4, 0.5) is 0 Å². The summed E-state index contributed by atoms with van der Waals surface area (Å²) in [6.45, 7) is 0.857. The van der Waals surface area contributed by atoms with Crippen molar-refractivity contribution in [2.75, 3.05) is 6.61 Å². The molecule has 1 aliphatic heterocycles. The molecule has 3 aromatic heterocycles. The van der Waals surface area contributed by atoms with Crippen molar-refractivity contribution in [2.45, 2.75) is 6.54 Å². The van der Waals surface area contributed by atoms with Gasteiger partial charge in [-0.1, -0.05) is 24.3 Å². The van der Waals surface area contributed by atoms with Crippen molar-refractivity contribution in [1.29, 1.82) is 0 Å². The Bertz CT molecular complexity index is 1130. The molecule has 126 valence electrons. The summed E-state index contributed by atoms with van der Waals surface area (Å²) >= 11 is 0. The first-order chi connectivity index (χ1) is 12.8. The molecule has 0 radical (unpaired) electrons. The molecule has 0 bridgehead atoms. The van der Waals surface area contributed by atoms with E-state index < -0.39 is 0 Å². The molecule has 0 saturated heterocycles. The number of carbonyl (C=O) groups is 1. The molecule has 6 nitrogen and oxygen atoms in total. The second-order valence-corrected chi connectivity index (χ2v) is 6.02. The molecule has 0 N–H and O–H groups in total. The zero-order chi connectivity index (χ0) is 17.5. The van der Waals surface area contributed by atoms with E-state index in [9.17, 15) is 4.79 Å². The average molecular weight is 342 g/mol. The number of hydrogen-bond acceptors (Lipinski definition) is 5. The largest absolute Gasteiger partial charge is 0.459 e. The number of hydrogen-bond donors (Lipinski definition) is 0. The van der Waals surface area contributed by atoms with Crippen LogP contribution in [0.3, 0.4) is 0 Å². The van der Waals surface area contributed by atoms with Crippen molar-refractivity contribution in [3.05, 3.63) is 66.6 Å². The van der Waals surface area contributed by atoms with Crippen molar-refractivity contribution in [1.82, 2.24) is 19.7 Å². The van der Waals surface area contributed by atoms with Gasteiger partial charge >= 0.3 is 5.97 Å². The van der Waals surface area contributed by atoms with E-state index in [0.29, 0.717) is 24.5 Å². The fraction of sp³-hybridized carbons (Fsp3) is 0.100. The van der Waals surface area contributed by atoms with Gasteiger partial charge in [0.25, 0.3) is 0 Å². The van der Waals surface area contributed by atoms with Crippen molar-refractivity contribution < 1.29 is 9.53 Å². The average Bonchev–Trinajstić information content (AvgIpc) is 3.09. The summed E-state index contributed by atoms with van der Waals surface area (Å²) in [4.78, 5) is 21.4. The summed E-state index contributed by atoms with van der Waals surface area (Å²) in [6, 6.07) is 15.4. The normalized spacial score (nSPS) is 13.5. The molecule has 1 aromatic carbocycles. The van der Waals surface area contributed by atoms with Gasteiger partial charge in [-0.25, -0.2) is 4.79 Å². The van der Waals surface area contributed by atoms with Gasteiger partial charge in [-0.05, 0) is 29.8 Å². The number of nitrogens with zero attached hydrogens (tertiary/aromatic N) is 4. The molecule has 1 aliphatic rings. The van der Waals surface area contributed by atoms with E-state index in [1.54, 1.807) is 17.1 Å². The van der Waals surface area contributed by atoms with Crippen LogP contribution >= 0.6 is 0 Å². The number of esters is 1. The summed E-state index contributed by atoms with van der Waals surface area (Å²) in [5.74, 6) is -0.359. The minimum absolute atomic E-state index is 0.325. The molecule has 5 rings (SSSR count). The SMILES string of the molecule is O=C1OCCn2nc(-c3ccccn3)c(-c3ccnc4ccccc34)c21. The van der Waals surface area contributed by atoms with Gasteiger partial charge in [0, 0.05) is 23.3 Å². The van der Waals surface area contributed by atoms with E-state index in [2.05, 4.69) is 15.1 Å². The molecule has 0 saturated carbocycles. The molecule has 0 atom stereocenters. The summed E-state index contributed by atoms with van der Waals surface area (Å²) < 4.78 is 7.01. The molecule has 26 heavy (non-hydrogen) atoms. The molecule has 0 amide bonds. The number of benzene rings is 1. The smallest absolute Gasteiger partial charge is 0.357 e. The van der Waals surface area contributed by atoms with E-state index in [1.165, 1.54) is 0 Å². The maximum atomic E-state index is 12.5. The predicted octanol–water partition coefficient (Wildman–Crippen LogP) is 3.33. The number of ether oxygens (including phenoxy) is 1. The predicted molar refractivity (Wildman–Crippen MR) is 96.5 cm³/mol. The zero-order valence-electron chi connectivity index (χ0n) is 13.8. The Morgan fingerprint density at radius 2 is 1.85 bits per heavy atom. The van der Waals surface area contributed by atoms with Crippen molar-refractivity contribution in [2.24, 2.45) is 0 Å². The van der Waals surface area contributed by atoms with Crippen LogP contribution in [0, 0.1) is 0 Å². The molecular formula is C20H14N4O2. The van der Waals surface area contributed by atoms with Gasteiger partial charge in [-0.15, -0.1) is 0 Å². The van der Waals surface area contributed by atoms with E-state index in [4.69, 9.17) is 4.74 Å². The molecule has 4 heterocycles. The Hall–Kier alpha value is -3.54. The fourth-order valence-corrected chi connectivity index (χ4v) is 3.38. The third kappa shape index (κ3) is 2.19. The Kier molecular flexibility index (Phi) is 3.28. The van der Waals surface area contributed by atoms with Crippen LogP contribution in [0.15, 0.2) is 60.9 Å². The number of carbonyl (C=O) groups excluding carboxylic acids is 1. The summed E-state index contributed by atoms with van der Waals surface area (Å²) in [6.07, 6.45) is 3.47. The Labute approximate surface area is 149 Å². The first-order valence-corrected chi connectivity index (χ1v) is 8.36. The highest BCUT2D eigenvalue weighted by atomic mass is 16.5. The van der Waals surface area contributed by atoms with E-state index in [-0.39, 0.29) is 5.97 Å². The van der Waals surface area contributed by atoms with Gasteiger partial charge in [-0.3, -0.25) is 14.6 Å².